The number of nitriles is 1. The van der Waals surface area contributed by atoms with E-state index in [9.17, 15) is 4.79 Å². The lowest BCUT2D eigenvalue weighted by Crippen LogP contribution is -2.39. The molecule has 0 aliphatic carbocycles. The van der Waals surface area contributed by atoms with Crippen molar-refractivity contribution in [2.45, 2.75) is 6.92 Å². The number of carbonyl (C=O) groups excluding carboxylic acids is 1. The van der Waals surface area contributed by atoms with Crippen molar-refractivity contribution in [3.05, 3.63) is 53.7 Å². The molecule has 0 bridgehead atoms. The van der Waals surface area contributed by atoms with E-state index >= 15 is 0 Å². The van der Waals surface area contributed by atoms with Crippen LogP contribution in [0.3, 0.4) is 0 Å². The van der Waals surface area contributed by atoms with Gasteiger partial charge in [0.1, 0.15) is 12.2 Å². The van der Waals surface area contributed by atoms with Gasteiger partial charge in [0.05, 0.1) is 22.9 Å². The molecule has 0 fully saturated rings. The quantitative estimate of drug-likeness (QED) is 0.304. The van der Waals surface area contributed by atoms with E-state index in [1.807, 2.05) is 18.9 Å². The number of aromatic nitrogens is 1. The van der Waals surface area contributed by atoms with E-state index in [0.29, 0.717) is 42.3 Å². The summed E-state index contributed by atoms with van der Waals surface area (Å²) in [6.07, 6.45) is 2.84. The van der Waals surface area contributed by atoms with E-state index in [1.54, 1.807) is 47.5 Å². The second-order valence-electron chi connectivity index (χ2n) is 6.01. The number of likely N-dealkylation sites (N-methyl/N-ethyl adjacent to an activating group) is 2. The highest BCUT2D eigenvalue weighted by molar-refractivity contribution is 6.01. The topological polar surface area (TPSA) is 128 Å². The van der Waals surface area contributed by atoms with Crippen LogP contribution >= 0.6 is 0 Å². The first-order chi connectivity index (χ1) is 13.5. The molecule has 0 spiro atoms. The monoisotopic (exact) mass is 380 g/mol. The van der Waals surface area contributed by atoms with Crippen molar-refractivity contribution in [3.63, 3.8) is 0 Å². The molecule has 0 aliphatic rings. The Balaban J connectivity index is 2.13. The van der Waals surface area contributed by atoms with Crippen LogP contribution in [0.15, 0.2) is 47.7 Å². The number of anilines is 2. The van der Waals surface area contributed by atoms with Crippen LogP contribution in [0.2, 0.25) is 0 Å². The number of hydrazone groups is 1. The number of rotatable bonds is 8. The van der Waals surface area contributed by atoms with Gasteiger partial charge in [0.25, 0.3) is 5.91 Å². The van der Waals surface area contributed by atoms with Gasteiger partial charge in [-0.05, 0) is 31.2 Å². The first-order valence-electron chi connectivity index (χ1n) is 8.74. The van der Waals surface area contributed by atoms with Crippen molar-refractivity contribution in [2.75, 3.05) is 36.6 Å². The third-order valence-electron chi connectivity index (χ3n) is 4.24. The number of pyridine rings is 1. The van der Waals surface area contributed by atoms with Gasteiger partial charge in [-0.2, -0.15) is 10.4 Å². The molecule has 0 aliphatic heterocycles. The first-order valence-corrected chi connectivity index (χ1v) is 8.74. The number of nitrogens with two attached hydrogens (primary N) is 2. The lowest BCUT2D eigenvalue weighted by Gasteiger charge is -2.26. The number of hydrogen-bond donors (Lipinski definition) is 2. The summed E-state index contributed by atoms with van der Waals surface area (Å²) in [5.41, 5.74) is 1.51. The smallest absolute Gasteiger partial charge is 0.256 e. The zero-order valence-corrected chi connectivity index (χ0v) is 16.0. The lowest BCUT2D eigenvalue weighted by molar-refractivity contribution is 0.0769. The van der Waals surface area contributed by atoms with Crippen LogP contribution in [0.1, 0.15) is 22.8 Å². The maximum atomic E-state index is 13.0. The molecule has 0 unspecified atom stereocenters. The Bertz CT molecular complexity index is 876. The molecule has 9 nitrogen and oxygen atoms in total. The summed E-state index contributed by atoms with van der Waals surface area (Å²) in [6.45, 7) is 3.48. The Kier molecular flexibility index (Phi) is 7.30. The fourth-order valence-corrected chi connectivity index (χ4v) is 2.67. The molecule has 1 amide bonds. The molecule has 1 heterocycles. The number of carbonyl (C=O) groups is 1. The van der Waals surface area contributed by atoms with Gasteiger partial charge in [-0.3, -0.25) is 9.80 Å². The fraction of sp³-hybridized carbons (Fsp3) is 0.263. The summed E-state index contributed by atoms with van der Waals surface area (Å²) in [7, 11) is 1.87. The number of nitrogens with zero attached hydrogens (tertiary/aromatic N) is 6. The fourth-order valence-electron chi connectivity index (χ4n) is 2.67. The van der Waals surface area contributed by atoms with Crippen LogP contribution in [0.4, 0.5) is 11.5 Å². The highest BCUT2D eigenvalue weighted by atomic mass is 16.2. The minimum atomic E-state index is -0.147. The Morgan fingerprint density at radius 1 is 1.32 bits per heavy atom. The van der Waals surface area contributed by atoms with Gasteiger partial charge in [0.2, 0.25) is 0 Å². The van der Waals surface area contributed by atoms with Gasteiger partial charge in [0.15, 0.2) is 0 Å². The SMILES string of the molecule is CCN(CCN(C)c1cc(C#N)ccn1)C(=O)c1ccccc1N(N)/C=N\N. The highest BCUT2D eigenvalue weighted by Crippen LogP contribution is 2.19. The van der Waals surface area contributed by atoms with E-state index in [4.69, 9.17) is 16.9 Å². The number of para-hydroxylation sites is 1. The van der Waals surface area contributed by atoms with Gasteiger partial charge < -0.3 is 15.6 Å². The molecule has 2 rings (SSSR count). The summed E-state index contributed by atoms with van der Waals surface area (Å²) in [4.78, 5) is 20.9. The molecule has 1 aromatic heterocycles. The van der Waals surface area contributed by atoms with Gasteiger partial charge in [0, 0.05) is 32.9 Å². The average Bonchev–Trinajstić information content (AvgIpc) is 2.74. The summed E-state index contributed by atoms with van der Waals surface area (Å²) in [5, 5.41) is 13.6. The van der Waals surface area contributed by atoms with Crippen molar-refractivity contribution in [3.8, 4) is 6.07 Å². The third-order valence-corrected chi connectivity index (χ3v) is 4.24. The molecule has 1 aromatic carbocycles. The van der Waals surface area contributed by atoms with Crippen molar-refractivity contribution < 1.29 is 4.79 Å². The molecule has 4 N–H and O–H groups in total. The molecular formula is C19H24N8O. The molecule has 9 heteroatoms. The molecule has 0 radical (unpaired) electrons. The number of benzene rings is 1. The molecule has 2 aromatic rings. The average molecular weight is 380 g/mol. The molecule has 28 heavy (non-hydrogen) atoms. The molecule has 0 atom stereocenters. The van der Waals surface area contributed by atoms with Gasteiger partial charge in [-0.1, -0.05) is 12.1 Å². The van der Waals surface area contributed by atoms with Gasteiger partial charge in [-0.25, -0.2) is 10.8 Å². The summed E-state index contributed by atoms with van der Waals surface area (Å²) in [6, 6.07) is 12.5. The molecule has 146 valence electrons. The summed E-state index contributed by atoms with van der Waals surface area (Å²) < 4.78 is 0. The Hall–Kier alpha value is -3.64. The van der Waals surface area contributed by atoms with Crippen molar-refractivity contribution in [2.24, 2.45) is 16.8 Å². The van der Waals surface area contributed by atoms with E-state index in [1.165, 1.54) is 11.3 Å². The largest absolute Gasteiger partial charge is 0.358 e. The zero-order chi connectivity index (χ0) is 20.5. The van der Waals surface area contributed by atoms with Crippen LogP contribution in [-0.2, 0) is 0 Å². The van der Waals surface area contributed by atoms with Crippen LogP contribution in [-0.4, -0.2) is 48.8 Å². The second kappa shape index (κ2) is 9.89. The van der Waals surface area contributed by atoms with Crippen LogP contribution in [0, 0.1) is 11.3 Å². The lowest BCUT2D eigenvalue weighted by atomic mass is 10.1. The summed E-state index contributed by atoms with van der Waals surface area (Å²) in [5.74, 6) is 11.6. The standard InChI is InChI=1S/C19H24N8O/c1-3-26(11-10-25(2)18-12-15(13-20)8-9-23-18)19(28)16-6-4-5-7-17(16)27(22)14-24-21/h4-9,12,14H,3,10-11,21-22H2,1-2H3/b24-14-. The van der Waals surface area contributed by atoms with E-state index < -0.39 is 0 Å². The van der Waals surface area contributed by atoms with E-state index in [-0.39, 0.29) is 5.91 Å². The number of hydrogen-bond acceptors (Lipinski definition) is 7. The van der Waals surface area contributed by atoms with Crippen molar-refractivity contribution in [1.82, 2.24) is 9.88 Å². The minimum absolute atomic E-state index is 0.147. The molecule has 0 saturated carbocycles. The Morgan fingerprint density at radius 2 is 2.07 bits per heavy atom. The highest BCUT2D eigenvalue weighted by Gasteiger charge is 2.19. The minimum Gasteiger partial charge on any atom is -0.358 e. The maximum absolute atomic E-state index is 13.0. The van der Waals surface area contributed by atoms with E-state index in [2.05, 4.69) is 16.2 Å². The van der Waals surface area contributed by atoms with Crippen molar-refractivity contribution >= 4 is 23.8 Å². The predicted molar refractivity (Wildman–Crippen MR) is 110 cm³/mol. The van der Waals surface area contributed by atoms with Crippen LogP contribution in [0.5, 0.6) is 0 Å². The second-order valence-corrected chi connectivity index (χ2v) is 6.01. The van der Waals surface area contributed by atoms with Crippen molar-refractivity contribution in [1.29, 1.82) is 5.26 Å². The predicted octanol–water partition coefficient (Wildman–Crippen LogP) is 1.13. The van der Waals surface area contributed by atoms with Crippen LogP contribution in [0.25, 0.3) is 0 Å². The zero-order valence-electron chi connectivity index (χ0n) is 16.0. The Labute approximate surface area is 164 Å². The van der Waals surface area contributed by atoms with Gasteiger partial charge >= 0.3 is 0 Å². The molecular weight excluding hydrogens is 356 g/mol. The Morgan fingerprint density at radius 3 is 2.75 bits per heavy atom. The number of hydrazine groups is 1. The van der Waals surface area contributed by atoms with E-state index in [0.717, 1.165) is 0 Å². The normalized spacial score (nSPS) is 10.5. The van der Waals surface area contributed by atoms with Crippen LogP contribution < -0.4 is 21.6 Å². The first kappa shape index (κ1) is 20.7. The van der Waals surface area contributed by atoms with Gasteiger partial charge in [-0.15, -0.1) is 0 Å². The maximum Gasteiger partial charge on any atom is 0.256 e. The summed E-state index contributed by atoms with van der Waals surface area (Å²) >= 11 is 0. The molecule has 0 saturated heterocycles. The third kappa shape index (κ3) is 4.96. The number of amides is 1.